The van der Waals surface area contributed by atoms with E-state index in [1.165, 1.54) is 11.5 Å². The van der Waals surface area contributed by atoms with Crippen LogP contribution in [0.5, 0.6) is 0 Å². The van der Waals surface area contributed by atoms with Crippen LogP contribution in [0, 0.1) is 0 Å². The molecule has 2 N–H and O–H groups in total. The van der Waals surface area contributed by atoms with Crippen LogP contribution in [-0.2, 0) is 0 Å². The molecule has 0 radical (unpaired) electrons. The van der Waals surface area contributed by atoms with Crippen LogP contribution in [0.3, 0.4) is 0 Å². The molecule has 0 unspecified atom stereocenters. The second-order valence-corrected chi connectivity index (χ2v) is 4.25. The minimum atomic E-state index is -0.135. The van der Waals surface area contributed by atoms with Gasteiger partial charge in [0.05, 0.1) is 0 Å². The van der Waals surface area contributed by atoms with Gasteiger partial charge in [-0.05, 0) is 11.5 Å². The van der Waals surface area contributed by atoms with Crippen LogP contribution >= 0.6 is 11.5 Å². The van der Waals surface area contributed by atoms with Gasteiger partial charge in [-0.25, -0.2) is 0 Å². The molecule has 0 saturated carbocycles. The highest BCUT2D eigenvalue weighted by molar-refractivity contribution is 7.03. The summed E-state index contributed by atoms with van der Waals surface area (Å²) in [5.41, 5.74) is 0.408. The van der Waals surface area contributed by atoms with E-state index in [2.05, 4.69) is 25.1 Å². The van der Waals surface area contributed by atoms with E-state index in [0.717, 1.165) is 32.7 Å². The van der Waals surface area contributed by atoms with E-state index in [1.54, 1.807) is 5.38 Å². The van der Waals surface area contributed by atoms with Gasteiger partial charge in [-0.1, -0.05) is 4.49 Å². The summed E-state index contributed by atoms with van der Waals surface area (Å²) >= 11 is 1.19. The van der Waals surface area contributed by atoms with Gasteiger partial charge in [0, 0.05) is 44.6 Å². The van der Waals surface area contributed by atoms with Gasteiger partial charge >= 0.3 is 0 Å². The minimum absolute atomic E-state index is 0.135. The van der Waals surface area contributed by atoms with Gasteiger partial charge in [0.1, 0.15) is 0 Å². The Hall–Kier alpha value is -1.05. The number of nitrogens with zero attached hydrogens (tertiary/aromatic N) is 3. The first-order valence-electron chi connectivity index (χ1n) is 5.34. The Kier molecular flexibility index (Phi) is 4.20. The van der Waals surface area contributed by atoms with Crippen molar-refractivity contribution in [3.05, 3.63) is 11.1 Å². The Labute approximate surface area is 98.2 Å². The number of amides is 1. The fourth-order valence-corrected chi connectivity index (χ4v) is 2.05. The lowest BCUT2D eigenvalue weighted by Crippen LogP contribution is -2.46. The Balaban J connectivity index is 1.66. The van der Waals surface area contributed by atoms with E-state index < -0.39 is 0 Å². The van der Waals surface area contributed by atoms with Gasteiger partial charge in [-0.15, -0.1) is 5.10 Å². The van der Waals surface area contributed by atoms with Crippen molar-refractivity contribution in [2.75, 3.05) is 39.3 Å². The Morgan fingerprint density at radius 2 is 2.38 bits per heavy atom. The van der Waals surface area contributed by atoms with Crippen LogP contribution < -0.4 is 10.6 Å². The standard InChI is InChI=1S/C9H15N5OS/c15-9(8-7-16-13-12-8)11-3-6-14-4-1-10-2-5-14/h7,10H,1-6H2,(H,11,15). The molecule has 1 amide bonds. The number of carbonyl (C=O) groups excluding carboxylic acids is 1. The van der Waals surface area contributed by atoms with Crippen LogP contribution in [0.1, 0.15) is 10.5 Å². The Bertz CT molecular complexity index is 323. The van der Waals surface area contributed by atoms with Crippen LogP contribution in [0.2, 0.25) is 0 Å². The lowest BCUT2D eigenvalue weighted by Gasteiger charge is -2.26. The third kappa shape index (κ3) is 3.22. The normalized spacial score (nSPS) is 17.2. The predicted molar refractivity (Wildman–Crippen MR) is 61.6 cm³/mol. The molecular weight excluding hydrogens is 226 g/mol. The average Bonchev–Trinajstić information content (AvgIpc) is 2.84. The second kappa shape index (κ2) is 5.88. The van der Waals surface area contributed by atoms with Gasteiger partial charge in [-0.2, -0.15) is 0 Å². The van der Waals surface area contributed by atoms with Crippen molar-refractivity contribution < 1.29 is 4.79 Å². The number of hydrogen-bond donors (Lipinski definition) is 2. The molecule has 0 atom stereocenters. The molecule has 1 aromatic heterocycles. The molecule has 1 saturated heterocycles. The molecule has 2 heterocycles. The summed E-state index contributed by atoms with van der Waals surface area (Å²) in [5.74, 6) is -0.135. The van der Waals surface area contributed by atoms with Gasteiger partial charge in [0.2, 0.25) is 0 Å². The quantitative estimate of drug-likeness (QED) is 0.720. The summed E-state index contributed by atoms with van der Waals surface area (Å²) in [6, 6.07) is 0. The number of carbonyl (C=O) groups is 1. The monoisotopic (exact) mass is 241 g/mol. The lowest BCUT2D eigenvalue weighted by molar-refractivity contribution is 0.0942. The zero-order chi connectivity index (χ0) is 11.2. The third-order valence-corrected chi connectivity index (χ3v) is 3.02. The van der Waals surface area contributed by atoms with Crippen molar-refractivity contribution >= 4 is 17.4 Å². The van der Waals surface area contributed by atoms with Crippen LogP contribution in [0.4, 0.5) is 0 Å². The van der Waals surface area contributed by atoms with Crippen molar-refractivity contribution in [2.45, 2.75) is 0 Å². The number of nitrogens with one attached hydrogen (secondary N) is 2. The Morgan fingerprint density at radius 3 is 3.06 bits per heavy atom. The fourth-order valence-electron chi connectivity index (χ4n) is 1.62. The molecule has 0 spiro atoms. The minimum Gasteiger partial charge on any atom is -0.349 e. The molecule has 1 aromatic rings. The maximum Gasteiger partial charge on any atom is 0.272 e. The Morgan fingerprint density at radius 1 is 1.56 bits per heavy atom. The molecule has 6 nitrogen and oxygen atoms in total. The summed E-state index contributed by atoms with van der Waals surface area (Å²) in [4.78, 5) is 13.8. The van der Waals surface area contributed by atoms with Crippen LogP contribution in [0.25, 0.3) is 0 Å². The summed E-state index contributed by atoms with van der Waals surface area (Å²) in [5, 5.41) is 11.5. The smallest absolute Gasteiger partial charge is 0.272 e. The largest absolute Gasteiger partial charge is 0.349 e. The van der Waals surface area contributed by atoms with Crippen LogP contribution in [0.15, 0.2) is 5.38 Å². The summed E-state index contributed by atoms with van der Waals surface area (Å²) in [7, 11) is 0. The highest BCUT2D eigenvalue weighted by atomic mass is 32.1. The van der Waals surface area contributed by atoms with Gasteiger partial charge in [-0.3, -0.25) is 9.69 Å². The van der Waals surface area contributed by atoms with Crippen molar-refractivity contribution in [2.24, 2.45) is 0 Å². The van der Waals surface area contributed by atoms with E-state index in [1.807, 2.05) is 0 Å². The summed E-state index contributed by atoms with van der Waals surface area (Å²) in [6.07, 6.45) is 0. The second-order valence-electron chi connectivity index (χ2n) is 3.64. The van der Waals surface area contributed by atoms with E-state index >= 15 is 0 Å². The highest BCUT2D eigenvalue weighted by Gasteiger charge is 2.11. The van der Waals surface area contributed by atoms with E-state index in [4.69, 9.17) is 0 Å². The molecule has 88 valence electrons. The number of hydrogen-bond acceptors (Lipinski definition) is 6. The summed E-state index contributed by atoms with van der Waals surface area (Å²) < 4.78 is 3.65. The van der Waals surface area contributed by atoms with Crippen molar-refractivity contribution in [1.29, 1.82) is 0 Å². The third-order valence-electron chi connectivity index (χ3n) is 2.52. The molecule has 0 aliphatic carbocycles. The van der Waals surface area contributed by atoms with Crippen molar-refractivity contribution in [3.63, 3.8) is 0 Å². The molecule has 1 aliphatic heterocycles. The molecule has 7 heteroatoms. The topological polar surface area (TPSA) is 70.2 Å². The molecule has 1 fully saturated rings. The van der Waals surface area contributed by atoms with E-state index in [9.17, 15) is 4.79 Å². The van der Waals surface area contributed by atoms with Gasteiger partial charge < -0.3 is 10.6 Å². The molecule has 0 bridgehead atoms. The molecule has 1 aliphatic rings. The van der Waals surface area contributed by atoms with Crippen molar-refractivity contribution in [3.8, 4) is 0 Å². The van der Waals surface area contributed by atoms with Gasteiger partial charge in [0.15, 0.2) is 5.69 Å². The highest BCUT2D eigenvalue weighted by Crippen LogP contribution is 1.96. The zero-order valence-electron chi connectivity index (χ0n) is 8.98. The van der Waals surface area contributed by atoms with Crippen molar-refractivity contribution in [1.82, 2.24) is 25.1 Å². The molecule has 0 aromatic carbocycles. The SMILES string of the molecule is O=C(NCCN1CCNCC1)c1csnn1. The zero-order valence-corrected chi connectivity index (χ0v) is 9.79. The van der Waals surface area contributed by atoms with Gasteiger partial charge in [0.25, 0.3) is 5.91 Å². The molecule has 2 rings (SSSR count). The molecule has 16 heavy (non-hydrogen) atoms. The van der Waals surface area contributed by atoms with E-state index in [0.29, 0.717) is 12.2 Å². The fraction of sp³-hybridized carbons (Fsp3) is 0.667. The number of rotatable bonds is 4. The average molecular weight is 241 g/mol. The molecular formula is C9H15N5OS. The first-order chi connectivity index (χ1) is 7.86. The van der Waals surface area contributed by atoms with Crippen LogP contribution in [-0.4, -0.2) is 59.7 Å². The predicted octanol–water partition coefficient (Wildman–Crippen LogP) is -0.827. The first-order valence-corrected chi connectivity index (χ1v) is 6.18. The van der Waals surface area contributed by atoms with E-state index in [-0.39, 0.29) is 5.91 Å². The first kappa shape index (κ1) is 11.4. The number of piperazine rings is 1. The lowest BCUT2D eigenvalue weighted by atomic mass is 10.3. The summed E-state index contributed by atoms with van der Waals surface area (Å²) in [6.45, 7) is 5.72. The maximum absolute atomic E-state index is 11.5. The number of aromatic nitrogens is 2. The maximum atomic E-state index is 11.5.